The number of rotatable bonds is 10. The number of hydrogen-bond acceptors (Lipinski definition) is 2. The van der Waals surface area contributed by atoms with Crippen molar-refractivity contribution in [1.82, 2.24) is 0 Å². The van der Waals surface area contributed by atoms with E-state index in [9.17, 15) is 26.3 Å². The Kier molecular flexibility index (Phi) is 9.42. The summed E-state index contributed by atoms with van der Waals surface area (Å²) in [6, 6.07) is 0. The Balaban J connectivity index is 4.74. The fourth-order valence-corrected chi connectivity index (χ4v) is 9.25. The van der Waals surface area contributed by atoms with Gasteiger partial charge in [-0.1, -0.05) is 0 Å². The first-order chi connectivity index (χ1) is 8.85. The molecular formula is C10H18F6O2Sn. The van der Waals surface area contributed by atoms with Gasteiger partial charge < -0.3 is 0 Å². The van der Waals surface area contributed by atoms with Crippen LogP contribution in [0.25, 0.3) is 0 Å². The van der Waals surface area contributed by atoms with E-state index >= 15 is 0 Å². The molecule has 0 aliphatic carbocycles. The summed E-state index contributed by atoms with van der Waals surface area (Å²) in [6.07, 6.45) is -9.14. The maximum atomic E-state index is 13.4. The van der Waals surface area contributed by atoms with Crippen LogP contribution >= 0.6 is 0 Å². The first-order valence-electron chi connectivity index (χ1n) is 5.64. The van der Waals surface area contributed by atoms with E-state index in [0.717, 1.165) is 14.2 Å². The Labute approximate surface area is 113 Å². The van der Waals surface area contributed by atoms with Crippen LogP contribution in [-0.2, 0) is 6.15 Å². The molecule has 0 spiro atoms. The molecule has 0 aromatic heterocycles. The van der Waals surface area contributed by atoms with Crippen LogP contribution in [0.15, 0.2) is 0 Å². The summed E-state index contributed by atoms with van der Waals surface area (Å²) in [5.74, 6) is 0. The topological polar surface area (TPSA) is 18.5 Å². The van der Waals surface area contributed by atoms with Crippen molar-refractivity contribution in [2.45, 2.75) is 33.6 Å². The molecule has 0 amide bonds. The van der Waals surface area contributed by atoms with E-state index in [4.69, 9.17) is 6.15 Å². The van der Waals surface area contributed by atoms with Crippen molar-refractivity contribution in [3.63, 3.8) is 0 Å². The van der Waals surface area contributed by atoms with E-state index in [2.05, 4.69) is 0 Å². The normalized spacial score (nSPS) is 18.9. The summed E-state index contributed by atoms with van der Waals surface area (Å²) in [5, 5.41) is 0. The van der Waals surface area contributed by atoms with Crippen LogP contribution < -0.4 is 0 Å². The van der Waals surface area contributed by atoms with Gasteiger partial charge in [-0.15, -0.1) is 0 Å². The quantitative estimate of drug-likeness (QED) is 0.413. The summed E-state index contributed by atoms with van der Waals surface area (Å²) in [6.45, 7) is -3.04. The van der Waals surface area contributed by atoms with Gasteiger partial charge in [-0.3, -0.25) is 0 Å². The van der Waals surface area contributed by atoms with E-state index in [0.29, 0.717) is 0 Å². The molecular weight excluding hydrogens is 385 g/mol. The zero-order chi connectivity index (χ0) is 15.1. The molecule has 0 aliphatic heterocycles. The molecule has 116 valence electrons. The van der Waals surface area contributed by atoms with Gasteiger partial charge in [0.25, 0.3) is 0 Å². The molecule has 0 heterocycles. The van der Waals surface area contributed by atoms with E-state index in [1.165, 1.54) is 0 Å². The van der Waals surface area contributed by atoms with Crippen LogP contribution in [0.5, 0.6) is 0 Å². The van der Waals surface area contributed by atoms with Crippen molar-refractivity contribution in [2.24, 2.45) is 0 Å². The number of alkyl halides is 6. The van der Waals surface area contributed by atoms with Gasteiger partial charge in [0.05, 0.1) is 0 Å². The molecule has 9 heteroatoms. The predicted molar refractivity (Wildman–Crippen MR) is 60.9 cm³/mol. The Hall–Kier alpha value is 0.299. The van der Waals surface area contributed by atoms with E-state index in [-0.39, 0.29) is 0 Å². The monoisotopic (exact) mass is 404 g/mol. The third-order valence-electron chi connectivity index (χ3n) is 2.84. The molecule has 0 N–H and O–H groups in total. The molecule has 4 atom stereocenters. The molecule has 4 unspecified atom stereocenters. The second-order valence-electron chi connectivity index (χ2n) is 4.10. The molecule has 0 rings (SSSR count). The van der Waals surface area contributed by atoms with E-state index < -0.39 is 66.1 Å². The summed E-state index contributed by atoms with van der Waals surface area (Å²) in [4.78, 5) is 0. The van der Waals surface area contributed by atoms with Crippen molar-refractivity contribution in [1.29, 1.82) is 0 Å². The summed E-state index contributed by atoms with van der Waals surface area (Å²) in [5.41, 5.74) is 0. The molecule has 0 saturated heterocycles. The van der Waals surface area contributed by atoms with Gasteiger partial charge in [0, 0.05) is 0 Å². The zero-order valence-corrected chi connectivity index (χ0v) is 13.6. The van der Waals surface area contributed by atoms with Crippen LogP contribution in [0, 0.1) is 0 Å². The minimum atomic E-state index is -4.42. The van der Waals surface area contributed by atoms with Gasteiger partial charge in [-0.2, -0.15) is 0 Å². The van der Waals surface area contributed by atoms with Crippen LogP contribution in [0.1, 0.15) is 0 Å². The Morgan fingerprint density at radius 1 is 0.737 bits per heavy atom. The molecule has 0 fully saturated rings. The third kappa shape index (κ3) is 6.07. The molecule has 0 aliphatic rings. The second-order valence-corrected chi connectivity index (χ2v) is 14.0. The molecule has 2 nitrogen and oxygen atoms in total. The van der Waals surface area contributed by atoms with E-state index in [1.807, 2.05) is 0 Å². The first-order valence-corrected chi connectivity index (χ1v) is 12.0. The average molecular weight is 403 g/mol. The number of hydrogen-bond donors (Lipinski definition) is 0. The van der Waals surface area contributed by atoms with Crippen molar-refractivity contribution in [3.8, 4) is 0 Å². The van der Waals surface area contributed by atoms with Gasteiger partial charge in [0.2, 0.25) is 0 Å². The van der Waals surface area contributed by atoms with Crippen LogP contribution in [0.2, 0.25) is 8.87 Å². The zero-order valence-electron chi connectivity index (χ0n) is 10.7. The predicted octanol–water partition coefficient (Wildman–Crippen LogP) is 3.01. The van der Waals surface area contributed by atoms with Gasteiger partial charge in [-0.05, 0) is 0 Å². The average Bonchev–Trinajstić information content (AvgIpc) is 2.44. The molecule has 0 aromatic carbocycles. The fourth-order valence-electron chi connectivity index (χ4n) is 1.54. The van der Waals surface area contributed by atoms with Crippen LogP contribution in [0.4, 0.5) is 26.3 Å². The van der Waals surface area contributed by atoms with Crippen LogP contribution in [-0.4, -0.2) is 71.5 Å². The molecule has 0 bridgehead atoms. The summed E-state index contributed by atoms with van der Waals surface area (Å²) in [7, 11) is 2.23. The Morgan fingerprint density at radius 3 is 1.26 bits per heavy atom. The summed E-state index contributed by atoms with van der Waals surface area (Å²) >= 11 is -4.42. The van der Waals surface area contributed by atoms with Gasteiger partial charge in [0.1, 0.15) is 0 Å². The Morgan fingerprint density at radius 2 is 1.05 bits per heavy atom. The minimum absolute atomic E-state index is 0.619. The van der Waals surface area contributed by atoms with Crippen molar-refractivity contribution >= 4 is 19.2 Å². The maximum absolute atomic E-state index is 13.4. The van der Waals surface area contributed by atoms with Gasteiger partial charge in [-0.25, -0.2) is 0 Å². The summed E-state index contributed by atoms with van der Waals surface area (Å²) < 4.78 is 85.1. The fraction of sp³-hybridized carbons (Fsp3) is 1.00. The third-order valence-corrected chi connectivity index (χ3v) is 12.9. The SMILES string of the molecule is C[O][Sn]([CH2]C(F)C(F)CF)([CH2]C(F)C(F)CF)[O]C. The van der Waals surface area contributed by atoms with Gasteiger partial charge in [0.15, 0.2) is 0 Å². The number of halogens is 6. The van der Waals surface area contributed by atoms with Gasteiger partial charge >= 0.3 is 113 Å². The van der Waals surface area contributed by atoms with Crippen molar-refractivity contribution < 1.29 is 32.5 Å². The second kappa shape index (κ2) is 9.27. The Bertz CT molecular complexity index is 224. The molecule has 0 saturated carbocycles. The van der Waals surface area contributed by atoms with Crippen LogP contribution in [0.3, 0.4) is 0 Å². The first kappa shape index (κ1) is 19.3. The molecule has 19 heavy (non-hydrogen) atoms. The standard InChI is InChI=1S/2C4H6F3.2CH3O.Sn/c2*1-3(6)4(7)2-5;2*1-2;/h2*3-4H,1-2H2;2*1H3;/q;;2*-1;+2. The van der Waals surface area contributed by atoms with Crippen molar-refractivity contribution in [3.05, 3.63) is 0 Å². The molecule has 0 aromatic rings. The van der Waals surface area contributed by atoms with Crippen molar-refractivity contribution in [2.75, 3.05) is 27.6 Å². The van der Waals surface area contributed by atoms with E-state index in [1.54, 1.807) is 0 Å². The molecule has 0 radical (unpaired) electrons.